The van der Waals surface area contributed by atoms with Gasteiger partial charge in [-0.1, -0.05) is 37.3 Å². The van der Waals surface area contributed by atoms with Crippen molar-refractivity contribution in [3.05, 3.63) is 71.1 Å². The molecule has 1 N–H and O–H groups in total. The summed E-state index contributed by atoms with van der Waals surface area (Å²) in [6.07, 6.45) is 0.00789. The number of aryl methyl sites for hydroxylation is 2. The average Bonchev–Trinajstić information content (AvgIpc) is 3.27. The molecule has 27 heavy (non-hydrogen) atoms. The maximum atomic E-state index is 10.1. The maximum Gasteiger partial charge on any atom is 0.159 e. The van der Waals surface area contributed by atoms with Crippen molar-refractivity contribution in [2.75, 3.05) is 0 Å². The number of nitrogens with zero attached hydrogens (tertiary/aromatic N) is 3. The van der Waals surface area contributed by atoms with Gasteiger partial charge in [-0.2, -0.15) is 5.10 Å². The van der Waals surface area contributed by atoms with Crippen LogP contribution in [0.3, 0.4) is 0 Å². The van der Waals surface area contributed by atoms with Gasteiger partial charge < -0.3 is 9.52 Å². The van der Waals surface area contributed by atoms with Crippen molar-refractivity contribution >= 4 is 11.0 Å². The first-order valence-electron chi connectivity index (χ1n) is 9.23. The second-order valence-electron chi connectivity index (χ2n) is 6.90. The van der Waals surface area contributed by atoms with Crippen LogP contribution in [0.25, 0.3) is 22.5 Å². The molecule has 4 rings (SSSR count). The number of furan rings is 1. The van der Waals surface area contributed by atoms with Crippen LogP contribution in [0.2, 0.25) is 0 Å². The van der Waals surface area contributed by atoms with Crippen molar-refractivity contribution in [3.8, 4) is 11.5 Å². The molecular formula is C22H23N3O2. The van der Waals surface area contributed by atoms with E-state index < -0.39 is 6.10 Å². The van der Waals surface area contributed by atoms with Crippen molar-refractivity contribution in [2.45, 2.75) is 39.8 Å². The van der Waals surface area contributed by atoms with Gasteiger partial charge in [-0.3, -0.25) is 0 Å². The number of aliphatic hydroxyl groups excluding tert-OH is 1. The summed E-state index contributed by atoms with van der Waals surface area (Å²) in [5, 5.41) is 15.9. The summed E-state index contributed by atoms with van der Waals surface area (Å²) in [4.78, 5) is 4.75. The van der Waals surface area contributed by atoms with Crippen molar-refractivity contribution in [2.24, 2.45) is 0 Å². The van der Waals surface area contributed by atoms with Gasteiger partial charge in [0.05, 0.1) is 11.9 Å². The number of aliphatic hydroxyl groups is 1. The quantitative estimate of drug-likeness (QED) is 0.554. The van der Waals surface area contributed by atoms with Gasteiger partial charge >= 0.3 is 0 Å². The van der Waals surface area contributed by atoms with E-state index >= 15 is 0 Å². The number of hydrogen-bond acceptors (Lipinski definition) is 4. The van der Waals surface area contributed by atoms with Gasteiger partial charge in [0.25, 0.3) is 0 Å². The standard InChI is InChI=1S/C22H23N3O2/c1-4-17(26)18-10-11-19(27-18)21-20-14(2)12-15(3)23-22(20)25(24-21)13-16-8-6-5-7-9-16/h5-12,17,26H,4,13H2,1-3H3. The van der Waals surface area contributed by atoms with E-state index in [1.54, 1.807) is 0 Å². The fourth-order valence-corrected chi connectivity index (χ4v) is 3.41. The summed E-state index contributed by atoms with van der Waals surface area (Å²) in [5.41, 5.74) is 4.85. The molecule has 0 fully saturated rings. The van der Waals surface area contributed by atoms with Crippen LogP contribution in [0.1, 0.15) is 42.0 Å². The number of pyridine rings is 1. The Bertz CT molecular complexity index is 1080. The van der Waals surface area contributed by atoms with Crippen LogP contribution in [0.15, 0.2) is 52.9 Å². The van der Waals surface area contributed by atoms with Gasteiger partial charge in [-0.15, -0.1) is 0 Å². The second-order valence-corrected chi connectivity index (χ2v) is 6.90. The van der Waals surface area contributed by atoms with Crippen LogP contribution < -0.4 is 0 Å². The molecule has 4 aromatic rings. The van der Waals surface area contributed by atoms with Gasteiger partial charge in [-0.05, 0) is 49.6 Å². The number of fused-ring (bicyclic) bond motifs is 1. The van der Waals surface area contributed by atoms with E-state index in [9.17, 15) is 5.11 Å². The third kappa shape index (κ3) is 3.26. The Balaban J connectivity index is 1.87. The zero-order valence-corrected chi connectivity index (χ0v) is 15.8. The average molecular weight is 361 g/mol. The monoisotopic (exact) mass is 361 g/mol. The smallest absolute Gasteiger partial charge is 0.159 e. The summed E-state index contributed by atoms with van der Waals surface area (Å²) < 4.78 is 7.85. The molecule has 0 radical (unpaired) electrons. The lowest BCUT2D eigenvalue weighted by atomic mass is 10.1. The topological polar surface area (TPSA) is 64.1 Å². The molecule has 5 nitrogen and oxygen atoms in total. The summed E-state index contributed by atoms with van der Waals surface area (Å²) in [5.74, 6) is 1.22. The number of rotatable bonds is 5. The molecule has 0 amide bonds. The highest BCUT2D eigenvalue weighted by Gasteiger charge is 2.20. The van der Waals surface area contributed by atoms with Crippen LogP contribution in [-0.2, 0) is 6.54 Å². The first kappa shape index (κ1) is 17.5. The lowest BCUT2D eigenvalue weighted by Crippen LogP contribution is -2.03. The zero-order valence-electron chi connectivity index (χ0n) is 15.8. The molecule has 0 aliphatic rings. The number of hydrogen-bond donors (Lipinski definition) is 1. The summed E-state index contributed by atoms with van der Waals surface area (Å²) in [6.45, 7) is 6.63. The Morgan fingerprint density at radius 2 is 1.89 bits per heavy atom. The van der Waals surface area contributed by atoms with E-state index in [1.807, 2.05) is 48.9 Å². The Labute approximate surface area is 158 Å². The zero-order chi connectivity index (χ0) is 19.0. The van der Waals surface area contributed by atoms with Crippen molar-refractivity contribution in [1.29, 1.82) is 0 Å². The van der Waals surface area contributed by atoms with E-state index in [0.717, 1.165) is 33.5 Å². The van der Waals surface area contributed by atoms with Crippen molar-refractivity contribution < 1.29 is 9.52 Å². The SMILES string of the molecule is CCC(O)c1ccc(-c2nn(Cc3ccccc3)c3nc(C)cc(C)c23)o1. The minimum Gasteiger partial charge on any atom is -0.457 e. The highest BCUT2D eigenvalue weighted by Crippen LogP contribution is 2.33. The Morgan fingerprint density at radius 3 is 2.63 bits per heavy atom. The molecule has 1 aromatic carbocycles. The third-order valence-corrected chi connectivity index (χ3v) is 4.78. The van der Waals surface area contributed by atoms with Gasteiger partial charge in [-0.25, -0.2) is 9.67 Å². The molecular weight excluding hydrogens is 338 g/mol. The minimum absolute atomic E-state index is 0.566. The molecule has 1 atom stereocenters. The summed E-state index contributed by atoms with van der Waals surface area (Å²) in [6, 6.07) is 16.0. The molecule has 0 saturated heterocycles. The summed E-state index contributed by atoms with van der Waals surface area (Å²) >= 11 is 0. The number of benzene rings is 1. The highest BCUT2D eigenvalue weighted by atomic mass is 16.4. The van der Waals surface area contributed by atoms with E-state index in [1.165, 1.54) is 0 Å². The van der Waals surface area contributed by atoms with E-state index in [2.05, 4.69) is 25.1 Å². The van der Waals surface area contributed by atoms with E-state index in [4.69, 9.17) is 14.5 Å². The fourth-order valence-electron chi connectivity index (χ4n) is 3.41. The van der Waals surface area contributed by atoms with E-state index in [0.29, 0.717) is 24.5 Å². The molecule has 0 saturated carbocycles. The normalized spacial score (nSPS) is 12.6. The third-order valence-electron chi connectivity index (χ3n) is 4.78. The van der Waals surface area contributed by atoms with Crippen LogP contribution in [0.4, 0.5) is 0 Å². The van der Waals surface area contributed by atoms with Crippen LogP contribution in [0, 0.1) is 13.8 Å². The Kier molecular flexibility index (Phi) is 4.54. The summed E-state index contributed by atoms with van der Waals surface area (Å²) in [7, 11) is 0. The molecule has 3 aromatic heterocycles. The Hall–Kier alpha value is -2.92. The lowest BCUT2D eigenvalue weighted by Gasteiger charge is -2.04. The van der Waals surface area contributed by atoms with Gasteiger partial charge in [0.2, 0.25) is 0 Å². The van der Waals surface area contributed by atoms with Crippen molar-refractivity contribution in [1.82, 2.24) is 14.8 Å². The van der Waals surface area contributed by atoms with Gasteiger partial charge in [0.15, 0.2) is 11.4 Å². The highest BCUT2D eigenvalue weighted by molar-refractivity contribution is 5.92. The van der Waals surface area contributed by atoms with Gasteiger partial charge in [0, 0.05) is 5.69 Å². The first-order chi connectivity index (χ1) is 13.1. The molecule has 0 aliphatic heterocycles. The molecule has 1 unspecified atom stereocenters. The van der Waals surface area contributed by atoms with Crippen LogP contribution in [-0.4, -0.2) is 19.9 Å². The second kappa shape index (κ2) is 7.00. The first-order valence-corrected chi connectivity index (χ1v) is 9.23. The van der Waals surface area contributed by atoms with Crippen LogP contribution >= 0.6 is 0 Å². The number of aromatic nitrogens is 3. The lowest BCUT2D eigenvalue weighted by molar-refractivity contribution is 0.147. The van der Waals surface area contributed by atoms with Crippen molar-refractivity contribution in [3.63, 3.8) is 0 Å². The predicted octanol–water partition coefficient (Wildman–Crippen LogP) is 4.80. The largest absolute Gasteiger partial charge is 0.457 e. The van der Waals surface area contributed by atoms with Gasteiger partial charge in [0.1, 0.15) is 17.6 Å². The molecule has 5 heteroatoms. The molecule has 3 heterocycles. The fraction of sp³-hybridized carbons (Fsp3) is 0.273. The minimum atomic E-state index is -0.599. The molecule has 0 spiro atoms. The van der Waals surface area contributed by atoms with E-state index in [-0.39, 0.29) is 0 Å². The molecule has 138 valence electrons. The predicted molar refractivity (Wildman–Crippen MR) is 105 cm³/mol. The maximum absolute atomic E-state index is 10.1. The molecule has 0 bridgehead atoms. The Morgan fingerprint density at radius 1 is 1.11 bits per heavy atom. The van der Waals surface area contributed by atoms with Crippen LogP contribution in [0.5, 0.6) is 0 Å². The molecule has 0 aliphatic carbocycles.